The van der Waals surface area contributed by atoms with Crippen LogP contribution in [0, 0.1) is 11.8 Å². The third-order valence-corrected chi connectivity index (χ3v) is 8.56. The van der Waals surface area contributed by atoms with E-state index in [1.807, 2.05) is 49.1 Å². The van der Waals surface area contributed by atoms with Crippen molar-refractivity contribution < 1.29 is 24.2 Å². The fourth-order valence-electron chi connectivity index (χ4n) is 5.30. The van der Waals surface area contributed by atoms with E-state index in [0.717, 1.165) is 37.8 Å². The molecule has 1 heterocycles. The van der Waals surface area contributed by atoms with Crippen LogP contribution in [0.5, 0.6) is 0 Å². The van der Waals surface area contributed by atoms with E-state index in [1.54, 1.807) is 0 Å². The SMILES string of the molecule is CC(C)C[C@H](OCc1ccccc1)C(=O)N[C@@H](CSC[C@H]1CCCN1C(=O)CC1CCCCC1)C(=O)O. The highest BCUT2D eigenvalue weighted by Crippen LogP contribution is 2.29. The average molecular weight is 533 g/mol. The van der Waals surface area contributed by atoms with Crippen molar-refractivity contribution in [2.45, 2.75) is 96.4 Å². The molecule has 1 aliphatic heterocycles. The standard InChI is InChI=1S/C29H44N2O5S/c1-21(2)16-26(36-18-23-12-7-4-8-13-23)28(33)30-25(29(34)35)20-37-19-24-14-9-15-31(24)27(32)17-22-10-5-3-6-11-22/h4,7-8,12-13,21-22,24-26H,3,5-6,9-11,14-20H2,1-2H3,(H,30,33)(H,34,35)/t24-,25+,26+/m1/s1. The summed E-state index contributed by atoms with van der Waals surface area (Å²) >= 11 is 1.50. The van der Waals surface area contributed by atoms with Crippen LogP contribution in [0.2, 0.25) is 0 Å². The summed E-state index contributed by atoms with van der Waals surface area (Å²) in [6.07, 6.45) is 8.46. The molecule has 206 valence electrons. The lowest BCUT2D eigenvalue weighted by atomic mass is 9.86. The first-order valence-corrected chi connectivity index (χ1v) is 15.0. The molecule has 1 saturated heterocycles. The maximum atomic E-state index is 13.0. The molecule has 0 aromatic heterocycles. The number of carboxylic acid groups (broad SMARTS) is 1. The van der Waals surface area contributed by atoms with Crippen molar-refractivity contribution in [3.8, 4) is 0 Å². The summed E-state index contributed by atoms with van der Waals surface area (Å²) in [4.78, 5) is 39.9. The summed E-state index contributed by atoms with van der Waals surface area (Å²) in [5, 5.41) is 12.5. The smallest absolute Gasteiger partial charge is 0.327 e. The Balaban J connectivity index is 1.48. The summed E-state index contributed by atoms with van der Waals surface area (Å²) in [5.74, 6) is 0.510. The zero-order chi connectivity index (χ0) is 26.6. The molecule has 3 atom stereocenters. The zero-order valence-corrected chi connectivity index (χ0v) is 23.2. The number of amides is 2. The van der Waals surface area contributed by atoms with Crippen LogP contribution >= 0.6 is 11.8 Å². The van der Waals surface area contributed by atoms with E-state index >= 15 is 0 Å². The van der Waals surface area contributed by atoms with Crippen LogP contribution in [0.25, 0.3) is 0 Å². The normalized spacial score (nSPS) is 20.1. The van der Waals surface area contributed by atoms with E-state index in [1.165, 1.54) is 31.0 Å². The van der Waals surface area contributed by atoms with Gasteiger partial charge < -0.3 is 20.1 Å². The van der Waals surface area contributed by atoms with E-state index < -0.39 is 18.1 Å². The number of carbonyl (C=O) groups excluding carboxylic acids is 2. The number of aliphatic carboxylic acids is 1. The van der Waals surface area contributed by atoms with Gasteiger partial charge in [0.2, 0.25) is 11.8 Å². The third-order valence-electron chi connectivity index (χ3n) is 7.37. The van der Waals surface area contributed by atoms with Gasteiger partial charge in [0, 0.05) is 30.5 Å². The highest BCUT2D eigenvalue weighted by molar-refractivity contribution is 7.99. The van der Waals surface area contributed by atoms with Gasteiger partial charge in [-0.3, -0.25) is 9.59 Å². The summed E-state index contributed by atoms with van der Waals surface area (Å²) in [7, 11) is 0. The van der Waals surface area contributed by atoms with Crippen LogP contribution in [0.3, 0.4) is 0 Å². The van der Waals surface area contributed by atoms with Crippen LogP contribution in [-0.4, -0.2) is 64.0 Å². The van der Waals surface area contributed by atoms with E-state index in [4.69, 9.17) is 4.74 Å². The van der Waals surface area contributed by atoms with E-state index in [-0.39, 0.29) is 29.5 Å². The molecule has 2 amide bonds. The molecule has 7 nitrogen and oxygen atoms in total. The molecule has 3 rings (SSSR count). The summed E-state index contributed by atoms with van der Waals surface area (Å²) < 4.78 is 5.91. The second-order valence-electron chi connectivity index (χ2n) is 10.9. The van der Waals surface area contributed by atoms with Gasteiger partial charge in [-0.1, -0.05) is 63.4 Å². The Kier molecular flexibility index (Phi) is 12.3. The molecular formula is C29H44N2O5S. The Morgan fingerprint density at radius 3 is 2.49 bits per heavy atom. The fraction of sp³-hybridized carbons (Fsp3) is 0.690. The lowest BCUT2D eigenvalue weighted by molar-refractivity contribution is -0.144. The average Bonchev–Trinajstić information content (AvgIpc) is 3.35. The molecule has 2 aliphatic rings. The lowest BCUT2D eigenvalue weighted by Gasteiger charge is -2.28. The van der Waals surface area contributed by atoms with Crippen molar-refractivity contribution in [2.75, 3.05) is 18.1 Å². The van der Waals surface area contributed by atoms with Gasteiger partial charge in [0.15, 0.2) is 0 Å². The lowest BCUT2D eigenvalue weighted by Crippen LogP contribution is -2.48. The Hall–Kier alpha value is -2.06. The number of rotatable bonds is 14. The Morgan fingerprint density at radius 2 is 1.81 bits per heavy atom. The van der Waals surface area contributed by atoms with Crippen LogP contribution in [0.1, 0.15) is 77.2 Å². The molecule has 0 spiro atoms. The molecule has 1 aromatic rings. The van der Waals surface area contributed by atoms with Crippen molar-refractivity contribution in [3.05, 3.63) is 35.9 Å². The number of benzene rings is 1. The minimum Gasteiger partial charge on any atom is -0.480 e. The minimum absolute atomic E-state index is 0.147. The third kappa shape index (κ3) is 9.97. The number of hydrogen-bond acceptors (Lipinski definition) is 5. The Morgan fingerprint density at radius 1 is 1.08 bits per heavy atom. The van der Waals surface area contributed by atoms with Crippen LogP contribution < -0.4 is 5.32 Å². The highest BCUT2D eigenvalue weighted by atomic mass is 32.2. The number of carbonyl (C=O) groups is 3. The quantitative estimate of drug-likeness (QED) is 0.355. The van der Waals surface area contributed by atoms with E-state index in [2.05, 4.69) is 5.32 Å². The molecule has 1 aromatic carbocycles. The highest BCUT2D eigenvalue weighted by Gasteiger charge is 2.31. The minimum atomic E-state index is -1.05. The molecular weight excluding hydrogens is 488 g/mol. The maximum absolute atomic E-state index is 13.0. The zero-order valence-electron chi connectivity index (χ0n) is 22.4. The Labute approximate surface area is 226 Å². The van der Waals surface area contributed by atoms with Gasteiger partial charge >= 0.3 is 5.97 Å². The van der Waals surface area contributed by atoms with Crippen molar-refractivity contribution in [1.29, 1.82) is 0 Å². The van der Waals surface area contributed by atoms with Crippen molar-refractivity contribution in [1.82, 2.24) is 10.2 Å². The molecule has 37 heavy (non-hydrogen) atoms. The van der Waals surface area contributed by atoms with Gasteiger partial charge in [-0.15, -0.1) is 0 Å². The number of nitrogens with one attached hydrogen (secondary N) is 1. The summed E-state index contributed by atoms with van der Waals surface area (Å²) in [5.41, 5.74) is 0.966. The van der Waals surface area contributed by atoms with Gasteiger partial charge in [-0.25, -0.2) is 4.79 Å². The van der Waals surface area contributed by atoms with Crippen LogP contribution in [0.15, 0.2) is 30.3 Å². The summed E-state index contributed by atoms with van der Waals surface area (Å²) in [6, 6.07) is 8.79. The predicted molar refractivity (Wildman–Crippen MR) is 147 cm³/mol. The maximum Gasteiger partial charge on any atom is 0.327 e. The van der Waals surface area contributed by atoms with Gasteiger partial charge in [-0.2, -0.15) is 11.8 Å². The second kappa shape index (κ2) is 15.4. The molecule has 8 heteroatoms. The van der Waals surface area contributed by atoms with Crippen LogP contribution in [0.4, 0.5) is 0 Å². The first kappa shape index (κ1) is 29.5. The van der Waals surface area contributed by atoms with Crippen molar-refractivity contribution >= 4 is 29.5 Å². The molecule has 2 fully saturated rings. The molecule has 0 unspecified atom stereocenters. The molecule has 1 saturated carbocycles. The van der Waals surface area contributed by atoms with E-state index in [0.29, 0.717) is 31.1 Å². The molecule has 0 bridgehead atoms. The number of hydrogen-bond donors (Lipinski definition) is 2. The number of thioether (sulfide) groups is 1. The largest absolute Gasteiger partial charge is 0.480 e. The molecule has 2 N–H and O–H groups in total. The molecule has 1 aliphatic carbocycles. The van der Waals surface area contributed by atoms with Crippen molar-refractivity contribution in [3.63, 3.8) is 0 Å². The topological polar surface area (TPSA) is 95.9 Å². The number of carboxylic acids is 1. The van der Waals surface area contributed by atoms with Crippen LogP contribution in [-0.2, 0) is 25.7 Å². The first-order valence-electron chi connectivity index (χ1n) is 13.9. The number of nitrogens with zero attached hydrogens (tertiary/aromatic N) is 1. The van der Waals surface area contributed by atoms with Gasteiger partial charge in [-0.05, 0) is 49.5 Å². The second-order valence-corrected chi connectivity index (χ2v) is 12.0. The van der Waals surface area contributed by atoms with Gasteiger partial charge in [0.1, 0.15) is 12.1 Å². The first-order chi connectivity index (χ1) is 17.8. The predicted octanol–water partition coefficient (Wildman–Crippen LogP) is 4.88. The van der Waals surface area contributed by atoms with Gasteiger partial charge in [0.25, 0.3) is 0 Å². The Bertz CT molecular complexity index is 859. The van der Waals surface area contributed by atoms with E-state index in [9.17, 15) is 19.5 Å². The monoisotopic (exact) mass is 532 g/mol. The summed E-state index contributed by atoms with van der Waals surface area (Å²) in [6.45, 7) is 5.12. The van der Waals surface area contributed by atoms with Crippen molar-refractivity contribution in [2.24, 2.45) is 11.8 Å². The molecule has 0 radical (unpaired) electrons. The van der Waals surface area contributed by atoms with Gasteiger partial charge in [0.05, 0.1) is 6.61 Å². The number of ether oxygens (including phenoxy) is 1. The number of likely N-dealkylation sites (tertiary alicyclic amines) is 1. The fourth-order valence-corrected chi connectivity index (χ4v) is 6.52.